The minimum absolute atomic E-state index is 0.0635. The smallest absolute Gasteiger partial charge is 0.305 e. The molecule has 146 valence electrons. The number of anilines is 1. The van der Waals surface area contributed by atoms with Crippen molar-refractivity contribution < 1.29 is 14.3 Å². The Morgan fingerprint density at radius 2 is 1.62 bits per heavy atom. The molecule has 0 aliphatic rings. The number of hydrogen-bond donors (Lipinski definition) is 1. The molecule has 0 aliphatic carbocycles. The molecule has 4 heteroatoms. The Morgan fingerprint density at radius 1 is 0.923 bits per heavy atom. The number of carbonyl (C=O) groups excluding carboxylic acids is 2. The highest BCUT2D eigenvalue weighted by Gasteiger charge is 2.07. The molecule has 0 bridgehead atoms. The van der Waals surface area contributed by atoms with Crippen LogP contribution >= 0.6 is 0 Å². The molecule has 1 rings (SSSR count). The fourth-order valence-corrected chi connectivity index (χ4v) is 2.83. The minimum Gasteiger partial charge on any atom is -0.466 e. The molecule has 1 aromatic carbocycles. The highest BCUT2D eigenvalue weighted by molar-refractivity contribution is 5.90. The van der Waals surface area contributed by atoms with Crippen LogP contribution in [0.1, 0.15) is 83.1 Å². The van der Waals surface area contributed by atoms with E-state index >= 15 is 0 Å². The van der Waals surface area contributed by atoms with Crippen LogP contribution in [0.4, 0.5) is 5.69 Å². The van der Waals surface area contributed by atoms with E-state index in [9.17, 15) is 9.59 Å². The van der Waals surface area contributed by atoms with Crippen LogP contribution in [0.25, 0.3) is 0 Å². The molecule has 26 heavy (non-hydrogen) atoms. The van der Waals surface area contributed by atoms with E-state index in [0.29, 0.717) is 25.9 Å². The molecule has 0 atom stereocenters. The predicted octanol–water partition coefficient (Wildman–Crippen LogP) is 5.79. The van der Waals surface area contributed by atoms with Crippen LogP contribution in [0.3, 0.4) is 0 Å². The van der Waals surface area contributed by atoms with Gasteiger partial charge in [0.1, 0.15) is 0 Å². The lowest BCUT2D eigenvalue weighted by Crippen LogP contribution is -2.13. The Balaban J connectivity index is 1.97. The van der Waals surface area contributed by atoms with Gasteiger partial charge in [0.05, 0.1) is 6.61 Å². The molecule has 1 N–H and O–H groups in total. The summed E-state index contributed by atoms with van der Waals surface area (Å²) in [5, 5.41) is 2.85. The summed E-state index contributed by atoms with van der Waals surface area (Å²) in [7, 11) is 0. The number of carbonyl (C=O) groups is 2. The highest BCUT2D eigenvalue weighted by atomic mass is 16.5. The highest BCUT2D eigenvalue weighted by Crippen LogP contribution is 2.11. The SMILES string of the molecule is CCCCCCCCCCOC(=O)CCCC(=O)Nc1cccc(C)c1. The molecule has 0 saturated heterocycles. The van der Waals surface area contributed by atoms with Crippen molar-refractivity contribution in [3.8, 4) is 0 Å². The summed E-state index contributed by atoms with van der Waals surface area (Å²) in [6.45, 7) is 4.71. The maximum Gasteiger partial charge on any atom is 0.305 e. The van der Waals surface area contributed by atoms with E-state index in [4.69, 9.17) is 4.74 Å². The summed E-state index contributed by atoms with van der Waals surface area (Å²) in [6.07, 6.45) is 11.0. The molecule has 1 aromatic rings. The standard InChI is InChI=1S/C22H35NO3/c1-3-4-5-6-7-8-9-10-17-26-22(25)16-12-15-21(24)23-20-14-11-13-19(2)18-20/h11,13-14,18H,3-10,12,15-17H2,1-2H3,(H,23,24). The molecular formula is C22H35NO3. The second-order valence-electron chi connectivity index (χ2n) is 6.97. The predicted molar refractivity (Wildman–Crippen MR) is 107 cm³/mol. The van der Waals surface area contributed by atoms with Gasteiger partial charge in [0.15, 0.2) is 0 Å². The first-order valence-electron chi connectivity index (χ1n) is 10.1. The van der Waals surface area contributed by atoms with Gasteiger partial charge in [-0.05, 0) is 37.5 Å². The Morgan fingerprint density at radius 3 is 2.31 bits per heavy atom. The minimum atomic E-state index is -0.198. The van der Waals surface area contributed by atoms with Gasteiger partial charge in [0, 0.05) is 18.5 Å². The van der Waals surface area contributed by atoms with Crippen LogP contribution in [-0.4, -0.2) is 18.5 Å². The number of esters is 1. The molecule has 0 fully saturated rings. The quantitative estimate of drug-likeness (QED) is 0.337. The zero-order chi connectivity index (χ0) is 19.0. The number of hydrogen-bond acceptors (Lipinski definition) is 3. The van der Waals surface area contributed by atoms with Gasteiger partial charge >= 0.3 is 5.97 Å². The summed E-state index contributed by atoms with van der Waals surface area (Å²) in [5.74, 6) is -0.261. The van der Waals surface area contributed by atoms with Gasteiger partial charge < -0.3 is 10.1 Å². The summed E-state index contributed by atoms with van der Waals surface area (Å²) < 4.78 is 5.23. The number of nitrogens with one attached hydrogen (secondary N) is 1. The number of benzene rings is 1. The Bertz CT molecular complexity index is 528. The van der Waals surface area contributed by atoms with Gasteiger partial charge in [-0.1, -0.05) is 64.0 Å². The van der Waals surface area contributed by atoms with E-state index in [1.165, 1.54) is 38.5 Å². The third-order valence-electron chi connectivity index (χ3n) is 4.35. The molecule has 4 nitrogen and oxygen atoms in total. The van der Waals surface area contributed by atoms with Gasteiger partial charge in [-0.15, -0.1) is 0 Å². The van der Waals surface area contributed by atoms with E-state index in [0.717, 1.165) is 24.1 Å². The molecule has 0 aromatic heterocycles. The molecule has 1 amide bonds. The van der Waals surface area contributed by atoms with E-state index in [-0.39, 0.29) is 11.9 Å². The Kier molecular flexibility index (Phi) is 12.2. The first-order chi connectivity index (χ1) is 12.6. The molecular weight excluding hydrogens is 326 g/mol. The fraction of sp³-hybridized carbons (Fsp3) is 0.636. The lowest BCUT2D eigenvalue weighted by atomic mass is 10.1. The molecule has 0 saturated carbocycles. The van der Waals surface area contributed by atoms with Gasteiger partial charge in [0.25, 0.3) is 0 Å². The third-order valence-corrected chi connectivity index (χ3v) is 4.35. The lowest BCUT2D eigenvalue weighted by molar-refractivity contribution is -0.143. The molecule has 0 spiro atoms. The maximum absolute atomic E-state index is 11.9. The first kappa shape index (κ1) is 22.2. The number of amides is 1. The molecule has 0 radical (unpaired) electrons. The van der Waals surface area contributed by atoms with Crippen molar-refractivity contribution >= 4 is 17.6 Å². The largest absolute Gasteiger partial charge is 0.466 e. The maximum atomic E-state index is 11.9. The molecule has 0 aliphatic heterocycles. The second kappa shape index (κ2) is 14.3. The van der Waals surface area contributed by atoms with E-state index in [1.54, 1.807) is 0 Å². The van der Waals surface area contributed by atoms with Crippen molar-refractivity contribution in [1.82, 2.24) is 0 Å². The van der Waals surface area contributed by atoms with Gasteiger partial charge in [-0.3, -0.25) is 9.59 Å². The average Bonchev–Trinajstić information content (AvgIpc) is 2.60. The van der Waals surface area contributed by atoms with Crippen LogP contribution in [0, 0.1) is 6.92 Å². The van der Waals surface area contributed by atoms with Crippen LogP contribution in [0.5, 0.6) is 0 Å². The summed E-state index contributed by atoms with van der Waals surface area (Å²) >= 11 is 0. The van der Waals surface area contributed by atoms with Crippen LogP contribution in [0.15, 0.2) is 24.3 Å². The monoisotopic (exact) mass is 361 g/mol. The Labute approximate surface area is 158 Å². The van der Waals surface area contributed by atoms with Crippen molar-refractivity contribution in [2.75, 3.05) is 11.9 Å². The van der Waals surface area contributed by atoms with Crippen molar-refractivity contribution in [3.63, 3.8) is 0 Å². The summed E-state index contributed by atoms with van der Waals surface area (Å²) in [5.41, 5.74) is 1.90. The van der Waals surface area contributed by atoms with Crippen molar-refractivity contribution in [2.45, 2.75) is 84.5 Å². The van der Waals surface area contributed by atoms with Gasteiger partial charge in [-0.25, -0.2) is 0 Å². The number of ether oxygens (including phenoxy) is 1. The van der Waals surface area contributed by atoms with Gasteiger partial charge in [0.2, 0.25) is 5.91 Å². The number of unbranched alkanes of at least 4 members (excludes halogenated alkanes) is 7. The normalized spacial score (nSPS) is 10.5. The average molecular weight is 362 g/mol. The summed E-state index contributed by atoms with van der Waals surface area (Å²) in [4.78, 5) is 23.5. The van der Waals surface area contributed by atoms with Crippen molar-refractivity contribution in [1.29, 1.82) is 0 Å². The topological polar surface area (TPSA) is 55.4 Å². The van der Waals surface area contributed by atoms with Crippen LogP contribution in [0.2, 0.25) is 0 Å². The summed E-state index contributed by atoms with van der Waals surface area (Å²) in [6, 6.07) is 7.69. The van der Waals surface area contributed by atoms with Crippen LogP contribution in [-0.2, 0) is 14.3 Å². The molecule has 0 unspecified atom stereocenters. The van der Waals surface area contributed by atoms with Crippen molar-refractivity contribution in [2.24, 2.45) is 0 Å². The van der Waals surface area contributed by atoms with Crippen LogP contribution < -0.4 is 5.32 Å². The third kappa shape index (κ3) is 11.7. The number of rotatable bonds is 14. The first-order valence-corrected chi connectivity index (χ1v) is 10.1. The molecule has 0 heterocycles. The number of aryl methyl sites for hydroxylation is 1. The van der Waals surface area contributed by atoms with E-state index < -0.39 is 0 Å². The van der Waals surface area contributed by atoms with Gasteiger partial charge in [-0.2, -0.15) is 0 Å². The second-order valence-corrected chi connectivity index (χ2v) is 6.97. The fourth-order valence-electron chi connectivity index (χ4n) is 2.83. The zero-order valence-corrected chi connectivity index (χ0v) is 16.5. The Hall–Kier alpha value is -1.84. The van der Waals surface area contributed by atoms with E-state index in [1.807, 2.05) is 31.2 Å². The zero-order valence-electron chi connectivity index (χ0n) is 16.5. The van der Waals surface area contributed by atoms with E-state index in [2.05, 4.69) is 12.2 Å². The lowest BCUT2D eigenvalue weighted by Gasteiger charge is -2.07. The van der Waals surface area contributed by atoms with Crippen molar-refractivity contribution in [3.05, 3.63) is 29.8 Å².